The molecule has 0 fully saturated rings. The predicted molar refractivity (Wildman–Crippen MR) is 87.6 cm³/mol. The van der Waals surface area contributed by atoms with Crippen LogP contribution in [0.1, 0.15) is 63.4 Å². The highest BCUT2D eigenvalue weighted by molar-refractivity contribution is 5.25. The molecule has 0 bridgehead atoms. The molecule has 120 valence electrons. The van der Waals surface area contributed by atoms with Gasteiger partial charge in [0.05, 0.1) is 17.9 Å². The van der Waals surface area contributed by atoms with Crippen molar-refractivity contribution in [2.24, 2.45) is 0 Å². The minimum Gasteiger partial charge on any atom is -0.306 e. The average molecular weight is 301 g/mol. The maximum Gasteiger partial charge on any atom is 0.0543 e. The monoisotopic (exact) mass is 301 g/mol. The van der Waals surface area contributed by atoms with E-state index < -0.39 is 0 Å². The summed E-state index contributed by atoms with van der Waals surface area (Å²) in [7, 11) is 0. The molecule has 22 heavy (non-hydrogen) atoms. The van der Waals surface area contributed by atoms with E-state index >= 15 is 0 Å². The molecule has 1 atom stereocenters. The Hall–Kier alpha value is -1.62. The average Bonchev–Trinajstić information content (AvgIpc) is 3.11. The number of rotatable bonds is 4. The molecule has 5 heteroatoms. The fourth-order valence-electron chi connectivity index (χ4n) is 3.16. The summed E-state index contributed by atoms with van der Waals surface area (Å²) in [4.78, 5) is 0. The van der Waals surface area contributed by atoms with Crippen LogP contribution < -0.4 is 5.32 Å². The largest absolute Gasteiger partial charge is 0.306 e. The number of nitrogens with one attached hydrogen (secondary N) is 1. The van der Waals surface area contributed by atoms with Crippen LogP contribution in [0.3, 0.4) is 0 Å². The molecule has 5 nitrogen and oxygen atoms in total. The molecule has 2 aromatic heterocycles. The van der Waals surface area contributed by atoms with E-state index in [9.17, 15) is 0 Å². The molecular weight excluding hydrogens is 274 g/mol. The lowest BCUT2D eigenvalue weighted by atomic mass is 9.93. The van der Waals surface area contributed by atoms with Crippen LogP contribution in [-0.4, -0.2) is 19.6 Å². The van der Waals surface area contributed by atoms with Gasteiger partial charge < -0.3 is 5.32 Å². The first-order valence-corrected chi connectivity index (χ1v) is 8.31. The van der Waals surface area contributed by atoms with Crippen LogP contribution in [-0.2, 0) is 25.0 Å². The van der Waals surface area contributed by atoms with E-state index in [-0.39, 0.29) is 5.54 Å². The van der Waals surface area contributed by atoms with Crippen LogP contribution in [0, 0.1) is 0 Å². The minimum atomic E-state index is 0.0402. The highest BCUT2D eigenvalue weighted by Gasteiger charge is 2.23. The lowest BCUT2D eigenvalue weighted by Crippen LogP contribution is -2.25. The van der Waals surface area contributed by atoms with Crippen molar-refractivity contribution in [3.63, 3.8) is 0 Å². The molecule has 1 aliphatic carbocycles. The number of nitrogens with zero attached hydrogens (tertiary/aromatic N) is 4. The third-order valence-electron chi connectivity index (χ3n) is 4.44. The first kappa shape index (κ1) is 15.3. The second-order valence-electron chi connectivity index (χ2n) is 7.15. The highest BCUT2D eigenvalue weighted by atomic mass is 15.3. The summed E-state index contributed by atoms with van der Waals surface area (Å²) in [5, 5.41) is 12.7. The zero-order valence-electron chi connectivity index (χ0n) is 14.1. The summed E-state index contributed by atoms with van der Waals surface area (Å²) >= 11 is 0. The first-order chi connectivity index (χ1) is 10.5. The number of fused-ring (bicyclic) bond motifs is 1. The van der Waals surface area contributed by atoms with Gasteiger partial charge in [0, 0.05) is 42.1 Å². The summed E-state index contributed by atoms with van der Waals surface area (Å²) in [5.41, 5.74) is 4.08. The Balaban J connectivity index is 1.68. The maximum atomic E-state index is 4.52. The fourth-order valence-corrected chi connectivity index (χ4v) is 3.16. The van der Waals surface area contributed by atoms with Gasteiger partial charge in [-0.05, 0) is 47.0 Å². The molecule has 0 aromatic carbocycles. The fraction of sp³-hybridized carbons (Fsp3) is 0.647. The second-order valence-corrected chi connectivity index (χ2v) is 7.15. The summed E-state index contributed by atoms with van der Waals surface area (Å²) in [6.07, 6.45) is 9.74. The zero-order valence-corrected chi connectivity index (χ0v) is 14.1. The van der Waals surface area contributed by atoms with Crippen LogP contribution in [0.2, 0.25) is 0 Å². The Bertz CT molecular complexity index is 632. The smallest absolute Gasteiger partial charge is 0.0543 e. The van der Waals surface area contributed by atoms with Crippen LogP contribution in [0.5, 0.6) is 0 Å². The van der Waals surface area contributed by atoms with Crippen molar-refractivity contribution in [2.75, 3.05) is 0 Å². The van der Waals surface area contributed by atoms with E-state index in [1.165, 1.54) is 29.7 Å². The van der Waals surface area contributed by atoms with E-state index in [1.807, 2.05) is 17.1 Å². The molecular formula is C17H27N5. The van der Waals surface area contributed by atoms with Crippen molar-refractivity contribution in [3.05, 3.63) is 35.4 Å². The third kappa shape index (κ3) is 2.95. The van der Waals surface area contributed by atoms with Gasteiger partial charge in [-0.25, -0.2) is 0 Å². The van der Waals surface area contributed by atoms with Crippen LogP contribution in [0.25, 0.3) is 0 Å². The molecule has 0 saturated heterocycles. The molecule has 1 aliphatic rings. The molecule has 0 saturated carbocycles. The molecule has 0 aliphatic heterocycles. The maximum absolute atomic E-state index is 4.52. The standard InChI is InChI=1S/C17H27N5/c1-5-21-16-8-6-7-15(14(16)11-19-21)18-9-13-10-20-22(12-13)17(2,3)4/h10-12,15,18H,5-9H2,1-4H3. The zero-order chi connectivity index (χ0) is 15.7. The molecule has 2 aromatic rings. The van der Waals surface area contributed by atoms with Crippen molar-refractivity contribution in [1.29, 1.82) is 0 Å². The number of aryl methyl sites for hydroxylation is 1. The van der Waals surface area contributed by atoms with Crippen molar-refractivity contribution in [3.8, 4) is 0 Å². The van der Waals surface area contributed by atoms with E-state index in [4.69, 9.17) is 0 Å². The van der Waals surface area contributed by atoms with Gasteiger partial charge in [-0.1, -0.05) is 0 Å². The van der Waals surface area contributed by atoms with Gasteiger partial charge in [0.2, 0.25) is 0 Å². The SMILES string of the molecule is CCn1ncc2c1CCCC2NCc1cnn(C(C)(C)C)c1. The number of hydrogen-bond donors (Lipinski definition) is 1. The topological polar surface area (TPSA) is 47.7 Å². The molecule has 1 N–H and O–H groups in total. The summed E-state index contributed by atoms with van der Waals surface area (Å²) in [5.74, 6) is 0. The van der Waals surface area contributed by atoms with Crippen molar-refractivity contribution < 1.29 is 0 Å². The number of hydrogen-bond acceptors (Lipinski definition) is 3. The lowest BCUT2D eigenvalue weighted by Gasteiger charge is -2.24. The van der Waals surface area contributed by atoms with E-state index in [2.05, 4.69) is 54.1 Å². The number of aromatic nitrogens is 4. The van der Waals surface area contributed by atoms with Gasteiger partial charge >= 0.3 is 0 Å². The highest BCUT2D eigenvalue weighted by Crippen LogP contribution is 2.29. The van der Waals surface area contributed by atoms with E-state index in [0.717, 1.165) is 19.5 Å². The normalized spacial score (nSPS) is 18.5. The Labute approximate surface area is 132 Å². The lowest BCUT2D eigenvalue weighted by molar-refractivity contribution is 0.355. The third-order valence-corrected chi connectivity index (χ3v) is 4.44. The predicted octanol–water partition coefficient (Wildman–Crippen LogP) is 3.02. The van der Waals surface area contributed by atoms with Gasteiger partial charge in [0.25, 0.3) is 0 Å². The Morgan fingerprint density at radius 3 is 2.77 bits per heavy atom. The first-order valence-electron chi connectivity index (χ1n) is 8.31. The Morgan fingerprint density at radius 2 is 2.09 bits per heavy atom. The molecule has 0 radical (unpaired) electrons. The van der Waals surface area contributed by atoms with Crippen molar-refractivity contribution >= 4 is 0 Å². The van der Waals surface area contributed by atoms with Crippen LogP contribution >= 0.6 is 0 Å². The van der Waals surface area contributed by atoms with Crippen LogP contribution in [0.15, 0.2) is 18.6 Å². The molecule has 2 heterocycles. The second kappa shape index (κ2) is 5.88. The van der Waals surface area contributed by atoms with Gasteiger partial charge in [-0.2, -0.15) is 10.2 Å². The molecule has 0 amide bonds. The van der Waals surface area contributed by atoms with Crippen LogP contribution in [0.4, 0.5) is 0 Å². The summed E-state index contributed by atoms with van der Waals surface area (Å²) in [6, 6.07) is 0.419. The quantitative estimate of drug-likeness (QED) is 0.944. The molecule has 1 unspecified atom stereocenters. The summed E-state index contributed by atoms with van der Waals surface area (Å²) < 4.78 is 4.17. The summed E-state index contributed by atoms with van der Waals surface area (Å²) in [6.45, 7) is 10.5. The van der Waals surface area contributed by atoms with Crippen molar-refractivity contribution in [1.82, 2.24) is 24.9 Å². The Morgan fingerprint density at radius 1 is 1.27 bits per heavy atom. The van der Waals surface area contributed by atoms with E-state index in [0.29, 0.717) is 6.04 Å². The minimum absolute atomic E-state index is 0.0402. The van der Waals surface area contributed by atoms with Gasteiger partial charge in [0.1, 0.15) is 0 Å². The van der Waals surface area contributed by atoms with Gasteiger partial charge in [-0.3, -0.25) is 9.36 Å². The van der Waals surface area contributed by atoms with Crippen molar-refractivity contribution in [2.45, 2.75) is 71.6 Å². The molecule has 3 rings (SSSR count). The van der Waals surface area contributed by atoms with E-state index in [1.54, 1.807) is 0 Å². The molecule has 0 spiro atoms. The van der Waals surface area contributed by atoms with Gasteiger partial charge in [-0.15, -0.1) is 0 Å². The Kier molecular flexibility index (Phi) is 4.08. The van der Waals surface area contributed by atoms with Gasteiger partial charge in [0.15, 0.2) is 0 Å².